The van der Waals surface area contributed by atoms with Gasteiger partial charge in [-0.05, 0) is 24.5 Å². The first kappa shape index (κ1) is 19.9. The second-order valence-electron chi connectivity index (χ2n) is 7.28. The van der Waals surface area contributed by atoms with E-state index >= 15 is 0 Å². The smallest absolute Gasteiger partial charge is 0.253 e. The molecule has 1 aliphatic rings. The van der Waals surface area contributed by atoms with E-state index in [1.807, 2.05) is 42.2 Å². The Bertz CT molecular complexity index is 521. The number of carbonyl (C=O) groups excluding carboxylic acids is 1. The molecule has 0 bridgehead atoms. The van der Waals surface area contributed by atoms with Crippen LogP contribution in [0.5, 0.6) is 0 Å². The standard InChI is InChI=1S/C20H32N2O3/c1-4-18(23)13-21-10-11-25-19(14-21)15-22(12-16(2)3)20(24)17-8-6-5-7-9-17/h5-9,16,18-19,23H,4,10-15H2,1-3H3. The predicted molar refractivity (Wildman–Crippen MR) is 99.7 cm³/mol. The van der Waals surface area contributed by atoms with Gasteiger partial charge in [-0.1, -0.05) is 39.0 Å². The van der Waals surface area contributed by atoms with Crippen LogP contribution in [0.1, 0.15) is 37.6 Å². The molecule has 2 rings (SSSR count). The van der Waals surface area contributed by atoms with Crippen molar-refractivity contribution in [3.63, 3.8) is 0 Å². The topological polar surface area (TPSA) is 53.0 Å². The molecular weight excluding hydrogens is 316 g/mol. The lowest BCUT2D eigenvalue weighted by atomic mass is 10.1. The zero-order chi connectivity index (χ0) is 18.2. The number of hydrogen-bond donors (Lipinski definition) is 1. The van der Waals surface area contributed by atoms with Gasteiger partial charge in [-0.25, -0.2) is 0 Å². The Balaban J connectivity index is 2.00. The Hall–Kier alpha value is -1.43. The van der Waals surface area contributed by atoms with Gasteiger partial charge in [0.25, 0.3) is 5.91 Å². The van der Waals surface area contributed by atoms with Crippen molar-refractivity contribution < 1.29 is 14.6 Å². The second-order valence-corrected chi connectivity index (χ2v) is 7.28. The normalized spacial score (nSPS) is 19.8. The summed E-state index contributed by atoms with van der Waals surface area (Å²) in [6.45, 7) is 10.5. The number of morpholine rings is 1. The Labute approximate surface area is 151 Å². The Morgan fingerprint density at radius 2 is 2.08 bits per heavy atom. The Morgan fingerprint density at radius 3 is 2.72 bits per heavy atom. The van der Waals surface area contributed by atoms with Crippen LogP contribution >= 0.6 is 0 Å². The molecule has 2 unspecified atom stereocenters. The lowest BCUT2D eigenvalue weighted by molar-refractivity contribution is -0.0513. The van der Waals surface area contributed by atoms with Crippen LogP contribution < -0.4 is 0 Å². The molecule has 0 aliphatic carbocycles. The minimum Gasteiger partial charge on any atom is -0.392 e. The van der Waals surface area contributed by atoms with Gasteiger partial charge in [0.1, 0.15) is 0 Å². The lowest BCUT2D eigenvalue weighted by Gasteiger charge is -2.37. The van der Waals surface area contributed by atoms with Crippen LogP contribution in [0.4, 0.5) is 0 Å². The SMILES string of the molecule is CCC(O)CN1CCOC(CN(CC(C)C)C(=O)c2ccccc2)C1. The summed E-state index contributed by atoms with van der Waals surface area (Å²) in [6.07, 6.45) is 0.453. The van der Waals surface area contributed by atoms with E-state index in [1.165, 1.54) is 0 Å². The molecule has 0 aromatic heterocycles. The highest BCUT2D eigenvalue weighted by Gasteiger charge is 2.26. The van der Waals surface area contributed by atoms with Gasteiger partial charge in [0.2, 0.25) is 0 Å². The van der Waals surface area contributed by atoms with Crippen LogP contribution in [0.2, 0.25) is 0 Å². The number of benzene rings is 1. The van der Waals surface area contributed by atoms with Gasteiger partial charge < -0.3 is 14.7 Å². The zero-order valence-electron chi connectivity index (χ0n) is 15.7. The summed E-state index contributed by atoms with van der Waals surface area (Å²) in [5, 5.41) is 9.89. The molecular formula is C20H32N2O3. The van der Waals surface area contributed by atoms with Crippen molar-refractivity contribution in [3.8, 4) is 0 Å². The highest BCUT2D eigenvalue weighted by molar-refractivity contribution is 5.94. The van der Waals surface area contributed by atoms with Crippen LogP contribution in [0.3, 0.4) is 0 Å². The average molecular weight is 348 g/mol. The van der Waals surface area contributed by atoms with Crippen LogP contribution in [0.25, 0.3) is 0 Å². The van der Waals surface area contributed by atoms with Gasteiger partial charge in [0.05, 0.1) is 18.8 Å². The van der Waals surface area contributed by atoms with Crippen molar-refractivity contribution in [2.24, 2.45) is 5.92 Å². The molecule has 1 N–H and O–H groups in total. The molecule has 0 saturated carbocycles. The fourth-order valence-corrected chi connectivity index (χ4v) is 3.17. The minimum absolute atomic E-state index is 0.00998. The lowest BCUT2D eigenvalue weighted by Crippen LogP contribution is -2.50. The monoisotopic (exact) mass is 348 g/mol. The van der Waals surface area contributed by atoms with Gasteiger partial charge in [0.15, 0.2) is 0 Å². The van der Waals surface area contributed by atoms with Crippen LogP contribution in [-0.2, 0) is 4.74 Å². The molecule has 1 aromatic carbocycles. The summed E-state index contributed by atoms with van der Waals surface area (Å²) < 4.78 is 5.90. The van der Waals surface area contributed by atoms with E-state index in [9.17, 15) is 9.90 Å². The third-order valence-corrected chi connectivity index (χ3v) is 4.48. The van der Waals surface area contributed by atoms with E-state index in [2.05, 4.69) is 18.7 Å². The number of β-amino-alcohol motifs (C(OH)–C–C–N with tert-alkyl or cyclic N) is 1. The summed E-state index contributed by atoms with van der Waals surface area (Å²) in [4.78, 5) is 17.0. The summed E-state index contributed by atoms with van der Waals surface area (Å²) in [5.41, 5.74) is 0.720. The first-order valence-electron chi connectivity index (χ1n) is 9.36. The van der Waals surface area contributed by atoms with Gasteiger partial charge in [0, 0.05) is 38.3 Å². The van der Waals surface area contributed by atoms with E-state index in [0.717, 1.165) is 25.1 Å². The van der Waals surface area contributed by atoms with Crippen molar-refractivity contribution in [1.29, 1.82) is 0 Å². The first-order chi connectivity index (χ1) is 12.0. The summed E-state index contributed by atoms with van der Waals surface area (Å²) >= 11 is 0. The van der Waals surface area contributed by atoms with Gasteiger partial charge in [-0.2, -0.15) is 0 Å². The maximum atomic E-state index is 12.9. The van der Waals surface area contributed by atoms with E-state index in [0.29, 0.717) is 32.2 Å². The molecule has 5 heteroatoms. The molecule has 25 heavy (non-hydrogen) atoms. The van der Waals surface area contributed by atoms with Crippen LogP contribution in [0, 0.1) is 5.92 Å². The molecule has 1 fully saturated rings. The molecule has 0 spiro atoms. The van der Waals surface area contributed by atoms with Crippen molar-refractivity contribution in [1.82, 2.24) is 9.80 Å². The van der Waals surface area contributed by atoms with Gasteiger partial charge in [-0.15, -0.1) is 0 Å². The van der Waals surface area contributed by atoms with Gasteiger partial charge >= 0.3 is 0 Å². The number of rotatable bonds is 8. The quantitative estimate of drug-likeness (QED) is 0.783. The number of amides is 1. The zero-order valence-corrected chi connectivity index (χ0v) is 15.7. The molecule has 2 atom stereocenters. The van der Waals surface area contributed by atoms with Crippen LogP contribution in [-0.4, -0.2) is 72.4 Å². The van der Waals surface area contributed by atoms with Crippen molar-refractivity contribution in [2.45, 2.75) is 39.4 Å². The van der Waals surface area contributed by atoms with E-state index < -0.39 is 0 Å². The number of ether oxygens (including phenoxy) is 1. The van der Waals surface area contributed by atoms with Crippen molar-refractivity contribution in [2.75, 3.05) is 39.3 Å². The number of aliphatic hydroxyl groups excluding tert-OH is 1. The fraction of sp³-hybridized carbons (Fsp3) is 0.650. The van der Waals surface area contributed by atoms with E-state index in [-0.39, 0.29) is 18.1 Å². The highest BCUT2D eigenvalue weighted by Crippen LogP contribution is 2.13. The third-order valence-electron chi connectivity index (χ3n) is 4.48. The molecule has 1 aliphatic heterocycles. The maximum Gasteiger partial charge on any atom is 0.253 e. The minimum atomic E-state index is -0.295. The second kappa shape index (κ2) is 9.90. The largest absolute Gasteiger partial charge is 0.392 e. The molecule has 5 nitrogen and oxygen atoms in total. The van der Waals surface area contributed by atoms with Crippen molar-refractivity contribution >= 4 is 5.91 Å². The van der Waals surface area contributed by atoms with E-state index in [1.54, 1.807) is 0 Å². The first-order valence-corrected chi connectivity index (χ1v) is 9.36. The van der Waals surface area contributed by atoms with E-state index in [4.69, 9.17) is 4.74 Å². The molecule has 1 aromatic rings. The molecule has 0 radical (unpaired) electrons. The highest BCUT2D eigenvalue weighted by atomic mass is 16.5. The summed E-state index contributed by atoms with van der Waals surface area (Å²) in [5.74, 6) is 0.456. The number of hydrogen-bond acceptors (Lipinski definition) is 4. The Morgan fingerprint density at radius 1 is 1.36 bits per heavy atom. The third kappa shape index (κ3) is 6.42. The summed E-state index contributed by atoms with van der Waals surface area (Å²) in [7, 11) is 0. The van der Waals surface area contributed by atoms with Crippen molar-refractivity contribution in [3.05, 3.63) is 35.9 Å². The molecule has 1 heterocycles. The molecule has 1 amide bonds. The van der Waals surface area contributed by atoms with Crippen LogP contribution in [0.15, 0.2) is 30.3 Å². The number of carbonyl (C=O) groups is 1. The van der Waals surface area contributed by atoms with Gasteiger partial charge in [-0.3, -0.25) is 9.69 Å². The summed E-state index contributed by atoms with van der Waals surface area (Å²) in [6, 6.07) is 9.44. The number of nitrogens with zero attached hydrogens (tertiary/aromatic N) is 2. The maximum absolute atomic E-state index is 12.9. The average Bonchev–Trinajstić information content (AvgIpc) is 2.61. The molecule has 1 saturated heterocycles. The number of aliphatic hydroxyl groups is 1. The Kier molecular flexibility index (Phi) is 7.88. The molecule has 140 valence electrons. The predicted octanol–water partition coefficient (Wildman–Crippen LogP) is 2.26. The fourth-order valence-electron chi connectivity index (χ4n) is 3.17.